The van der Waals surface area contributed by atoms with E-state index in [2.05, 4.69) is 69.4 Å². The molecular weight excluding hydrogens is 920 g/mol. The first-order valence-corrected chi connectivity index (χ1v) is 25.0. The minimum absolute atomic E-state index is 0. The van der Waals surface area contributed by atoms with E-state index in [-0.39, 0.29) is 48.8 Å². The summed E-state index contributed by atoms with van der Waals surface area (Å²) < 4.78 is 19.9. The summed E-state index contributed by atoms with van der Waals surface area (Å²) in [5, 5.41) is 20.9. The van der Waals surface area contributed by atoms with Crippen LogP contribution in [0.3, 0.4) is 0 Å². The van der Waals surface area contributed by atoms with Gasteiger partial charge in [0, 0.05) is 58.9 Å². The van der Waals surface area contributed by atoms with E-state index < -0.39 is 12.1 Å². The van der Waals surface area contributed by atoms with Crippen molar-refractivity contribution >= 4 is 42.1 Å². The maximum atomic E-state index is 14.2. The third kappa shape index (κ3) is 17.5. The standard InChI is InChI=1S/C46H80N18O5.ClH/c1-6-25-67-27-29-69-30-28-68-26-16-51-44-52-45(61-21-17-59(18-22-61)42(65)39(12-8-10-14-47)63-32-37(55-57-63)36(49)31-34(3)4)54-46(53-44)62-23-19-60(20-24-62)43(66)40(13-9-11-15-48)64-33-38(56-58-64)41(50)35(5)7-2;/h1,32-36,39-41H,7-31,47-50H2,2-5H3,(H,51,52,53,54);1H/t35?,36-,39-,40-,41-;/m0./s1. The van der Waals surface area contributed by atoms with Crippen LogP contribution in [-0.2, 0) is 23.8 Å². The number of nitrogens with zero attached hydrogens (tertiary/aromatic N) is 13. The number of unbranched alkanes of at least 4 members (excludes halogenated alkanes) is 2. The number of hydrogen-bond acceptors (Lipinski definition) is 19. The molecule has 5 rings (SSSR count). The molecule has 3 aromatic heterocycles. The summed E-state index contributed by atoms with van der Waals surface area (Å²) >= 11 is 0. The molecule has 3 aromatic rings. The largest absolute Gasteiger partial charge is 0.377 e. The zero-order chi connectivity index (χ0) is 49.5. The number of ether oxygens (including phenoxy) is 3. The number of carbonyl (C=O) groups is 2. The van der Waals surface area contributed by atoms with Gasteiger partial charge < -0.3 is 62.1 Å². The van der Waals surface area contributed by atoms with E-state index in [1.807, 2.05) is 22.2 Å². The van der Waals surface area contributed by atoms with Gasteiger partial charge in [0.15, 0.2) is 0 Å². The van der Waals surface area contributed by atoms with Gasteiger partial charge in [0.25, 0.3) is 0 Å². The van der Waals surface area contributed by atoms with Crippen molar-refractivity contribution < 1.29 is 23.8 Å². The average molecular weight is 1000 g/mol. The Morgan fingerprint density at radius 1 is 0.714 bits per heavy atom. The molecule has 5 atom stereocenters. The third-order valence-corrected chi connectivity index (χ3v) is 12.7. The first-order chi connectivity index (χ1) is 33.5. The fraction of sp³-hybridized carbons (Fsp3) is 0.761. The number of piperazine rings is 2. The smallest absolute Gasteiger partial charge is 0.247 e. The van der Waals surface area contributed by atoms with Crippen LogP contribution in [-0.4, -0.2) is 178 Å². The number of hydrogen-bond donors (Lipinski definition) is 5. The fourth-order valence-corrected chi connectivity index (χ4v) is 8.28. The SMILES string of the molecule is C#CCOCCOCCOCCNc1nc(N2CCN(C(=O)[C@H](CCCCN)n3cc([C@@H](N)C(C)CC)nn3)CC2)nc(N2CCN(C(=O)[C@H](CCCCN)n3cc([C@@H](N)CC(C)C)nn3)CC2)n1.Cl. The lowest BCUT2D eigenvalue weighted by molar-refractivity contribution is -0.136. The highest BCUT2D eigenvalue weighted by atomic mass is 35.5. The molecule has 392 valence electrons. The van der Waals surface area contributed by atoms with Crippen LogP contribution in [0.4, 0.5) is 17.8 Å². The van der Waals surface area contributed by atoms with Crippen molar-refractivity contribution in [3.8, 4) is 12.3 Å². The second kappa shape index (κ2) is 30.8. The third-order valence-electron chi connectivity index (χ3n) is 12.7. The molecule has 2 fully saturated rings. The van der Waals surface area contributed by atoms with Crippen LogP contribution >= 0.6 is 12.4 Å². The number of terminal acetylenes is 1. The minimum Gasteiger partial charge on any atom is -0.377 e. The molecule has 2 aliphatic heterocycles. The molecule has 9 N–H and O–H groups in total. The van der Waals surface area contributed by atoms with Gasteiger partial charge in [0.2, 0.25) is 29.7 Å². The number of rotatable bonds is 31. The highest BCUT2D eigenvalue weighted by molar-refractivity contribution is 5.85. The zero-order valence-corrected chi connectivity index (χ0v) is 42.8. The first-order valence-electron chi connectivity index (χ1n) is 25.0. The van der Waals surface area contributed by atoms with Crippen LogP contribution in [0.25, 0.3) is 0 Å². The van der Waals surface area contributed by atoms with Crippen molar-refractivity contribution in [3.63, 3.8) is 0 Å². The Labute approximate surface area is 420 Å². The van der Waals surface area contributed by atoms with Crippen molar-refractivity contribution in [1.82, 2.24) is 54.7 Å². The Morgan fingerprint density at radius 3 is 1.69 bits per heavy atom. The Balaban J connectivity index is 0.0000107. The molecule has 2 amide bonds. The molecule has 2 aliphatic rings. The summed E-state index contributed by atoms with van der Waals surface area (Å²) in [5.41, 5.74) is 26.0. The molecule has 0 aliphatic carbocycles. The molecule has 2 saturated heterocycles. The summed E-state index contributed by atoms with van der Waals surface area (Å²) in [6.45, 7) is 16.1. The molecule has 5 heterocycles. The second-order valence-corrected chi connectivity index (χ2v) is 18.3. The van der Waals surface area contributed by atoms with E-state index in [0.717, 1.165) is 38.5 Å². The average Bonchev–Trinajstić information content (AvgIpc) is 4.07. The monoisotopic (exact) mass is 1000 g/mol. The van der Waals surface area contributed by atoms with Crippen molar-refractivity contribution in [3.05, 3.63) is 23.8 Å². The summed E-state index contributed by atoms with van der Waals surface area (Å²) in [7, 11) is 0. The maximum Gasteiger partial charge on any atom is 0.247 e. The molecule has 0 radical (unpaired) electrons. The van der Waals surface area contributed by atoms with Gasteiger partial charge in [0.05, 0.1) is 68.9 Å². The highest BCUT2D eigenvalue weighted by Gasteiger charge is 2.33. The fourth-order valence-electron chi connectivity index (χ4n) is 8.28. The van der Waals surface area contributed by atoms with Crippen molar-refractivity contribution in [2.24, 2.45) is 34.8 Å². The molecule has 0 aromatic carbocycles. The molecule has 23 nitrogen and oxygen atoms in total. The molecule has 0 bridgehead atoms. The first kappa shape index (κ1) is 57.8. The molecule has 70 heavy (non-hydrogen) atoms. The van der Waals surface area contributed by atoms with Crippen molar-refractivity contribution in [1.29, 1.82) is 0 Å². The van der Waals surface area contributed by atoms with E-state index >= 15 is 0 Å². The van der Waals surface area contributed by atoms with E-state index in [4.69, 9.17) is 58.5 Å². The summed E-state index contributed by atoms with van der Waals surface area (Å²) in [6, 6.07) is -1.58. The van der Waals surface area contributed by atoms with Gasteiger partial charge >= 0.3 is 0 Å². The summed E-state index contributed by atoms with van der Waals surface area (Å²) in [4.78, 5) is 51.1. The normalized spacial score (nSPS) is 16.4. The van der Waals surface area contributed by atoms with Gasteiger partial charge in [-0.05, 0) is 69.9 Å². The van der Waals surface area contributed by atoms with Crippen LogP contribution in [0.15, 0.2) is 12.4 Å². The van der Waals surface area contributed by atoms with E-state index in [1.165, 1.54) is 0 Å². The second-order valence-electron chi connectivity index (χ2n) is 18.3. The van der Waals surface area contributed by atoms with Gasteiger partial charge in [-0.2, -0.15) is 15.0 Å². The van der Waals surface area contributed by atoms with Gasteiger partial charge in [0.1, 0.15) is 18.7 Å². The van der Waals surface area contributed by atoms with Crippen LogP contribution in [0.1, 0.15) is 115 Å². The predicted octanol–water partition coefficient (Wildman–Crippen LogP) is 1.70. The highest BCUT2D eigenvalue weighted by Crippen LogP contribution is 2.27. The van der Waals surface area contributed by atoms with Crippen LogP contribution in [0.2, 0.25) is 0 Å². The lowest BCUT2D eigenvalue weighted by atomic mass is 9.98. The molecule has 0 saturated carbocycles. The Kier molecular flexibility index (Phi) is 25.4. The van der Waals surface area contributed by atoms with Crippen LogP contribution in [0.5, 0.6) is 0 Å². The number of anilines is 3. The minimum atomic E-state index is -0.525. The van der Waals surface area contributed by atoms with E-state index in [1.54, 1.807) is 9.36 Å². The molecule has 0 spiro atoms. The lowest BCUT2D eigenvalue weighted by Gasteiger charge is -2.38. The molecule has 1 unspecified atom stereocenters. The van der Waals surface area contributed by atoms with Crippen LogP contribution < -0.4 is 38.1 Å². The Hall–Kier alpha value is -4.80. The predicted molar refractivity (Wildman–Crippen MR) is 271 cm³/mol. The van der Waals surface area contributed by atoms with E-state index in [0.29, 0.717) is 153 Å². The number of nitrogens with two attached hydrogens (primary N) is 4. The number of aromatic nitrogens is 9. The van der Waals surface area contributed by atoms with Crippen LogP contribution in [0, 0.1) is 24.2 Å². The Morgan fingerprint density at radius 2 is 1.20 bits per heavy atom. The Bertz CT molecular complexity index is 2000. The van der Waals surface area contributed by atoms with Gasteiger partial charge in [-0.3, -0.25) is 9.59 Å². The summed E-state index contributed by atoms with van der Waals surface area (Å²) in [6.07, 6.45) is 14.9. The molecule has 24 heteroatoms. The maximum absolute atomic E-state index is 14.2. The van der Waals surface area contributed by atoms with Crippen molar-refractivity contribution in [2.75, 3.05) is 127 Å². The number of nitrogens with one attached hydrogen (secondary N) is 1. The zero-order valence-electron chi connectivity index (χ0n) is 41.9. The van der Waals surface area contributed by atoms with Gasteiger partial charge in [-0.25, -0.2) is 9.36 Å². The quantitative estimate of drug-likeness (QED) is 0.0453. The number of amides is 2. The topological polar surface area (TPSA) is 291 Å². The lowest BCUT2D eigenvalue weighted by Crippen LogP contribution is -2.52. The number of halogens is 1. The summed E-state index contributed by atoms with van der Waals surface area (Å²) in [5.74, 6) is 4.39. The van der Waals surface area contributed by atoms with Gasteiger partial charge in [-0.15, -0.1) is 29.0 Å². The van der Waals surface area contributed by atoms with Crippen molar-refractivity contribution in [2.45, 2.75) is 103 Å². The van der Waals surface area contributed by atoms with E-state index in [9.17, 15) is 9.59 Å². The van der Waals surface area contributed by atoms with Gasteiger partial charge in [-0.1, -0.05) is 50.5 Å². The molecular formula is C46H81ClN18O5. The number of carbonyl (C=O) groups excluding carboxylic acids is 2.